The fourth-order valence-electron chi connectivity index (χ4n) is 2.18. The molecular weight excluding hydrogens is 297 g/mol. The number of hydrogen-bond acceptors (Lipinski definition) is 4. The van der Waals surface area contributed by atoms with Gasteiger partial charge in [-0.3, -0.25) is 20.9 Å². The number of nitrogens with zero attached hydrogens (tertiary/aromatic N) is 3. The van der Waals surface area contributed by atoms with Gasteiger partial charge < -0.3 is 0 Å². The van der Waals surface area contributed by atoms with Crippen LogP contribution in [0.2, 0.25) is 10.0 Å². The summed E-state index contributed by atoms with van der Waals surface area (Å²) in [4.78, 5) is 3.98. The topological polar surface area (TPSA) is 68.8 Å². The first-order valence-corrected chi connectivity index (χ1v) is 7.11. The van der Waals surface area contributed by atoms with Crippen molar-refractivity contribution in [1.82, 2.24) is 20.2 Å². The van der Waals surface area contributed by atoms with Crippen molar-refractivity contribution in [2.75, 3.05) is 0 Å². The van der Waals surface area contributed by atoms with Crippen LogP contribution in [0.5, 0.6) is 0 Å². The molecule has 2 aromatic rings. The molecule has 0 bridgehead atoms. The molecule has 0 saturated heterocycles. The summed E-state index contributed by atoms with van der Waals surface area (Å²) in [5.74, 6) is 5.67. The van der Waals surface area contributed by atoms with Crippen LogP contribution in [0.1, 0.15) is 29.9 Å². The van der Waals surface area contributed by atoms with Gasteiger partial charge in [-0.15, -0.1) is 0 Å². The Morgan fingerprint density at radius 1 is 1.45 bits per heavy atom. The van der Waals surface area contributed by atoms with Crippen LogP contribution < -0.4 is 11.3 Å². The lowest BCUT2D eigenvalue weighted by molar-refractivity contribution is 0.517. The van der Waals surface area contributed by atoms with E-state index in [9.17, 15) is 0 Å². The Labute approximate surface area is 128 Å². The van der Waals surface area contributed by atoms with Gasteiger partial charge in [-0.1, -0.05) is 23.2 Å². The van der Waals surface area contributed by atoms with Crippen molar-refractivity contribution in [2.45, 2.75) is 32.9 Å². The van der Waals surface area contributed by atoms with Crippen molar-refractivity contribution in [2.24, 2.45) is 5.84 Å². The van der Waals surface area contributed by atoms with E-state index in [4.69, 9.17) is 29.0 Å². The molecule has 2 aromatic heterocycles. The van der Waals surface area contributed by atoms with E-state index in [1.54, 1.807) is 12.4 Å². The molecular formula is C13H17Cl2N5. The highest BCUT2D eigenvalue weighted by atomic mass is 35.5. The molecule has 2 rings (SSSR count). The van der Waals surface area contributed by atoms with Gasteiger partial charge in [-0.25, -0.2) is 0 Å². The number of aryl methyl sites for hydroxylation is 2. The van der Waals surface area contributed by atoms with Crippen molar-refractivity contribution >= 4 is 23.2 Å². The van der Waals surface area contributed by atoms with Gasteiger partial charge in [0.2, 0.25) is 0 Å². The van der Waals surface area contributed by atoms with Crippen molar-refractivity contribution < 1.29 is 0 Å². The first-order chi connectivity index (χ1) is 9.58. The molecule has 0 aliphatic rings. The van der Waals surface area contributed by atoms with Crippen molar-refractivity contribution in [1.29, 1.82) is 0 Å². The minimum Gasteiger partial charge on any atom is -0.271 e. The first-order valence-electron chi connectivity index (χ1n) is 6.35. The van der Waals surface area contributed by atoms with Gasteiger partial charge in [0.1, 0.15) is 0 Å². The van der Waals surface area contributed by atoms with Gasteiger partial charge in [0.05, 0.1) is 27.5 Å². The maximum absolute atomic E-state index is 6.32. The molecule has 1 atom stereocenters. The Balaban J connectivity index is 2.34. The first kappa shape index (κ1) is 15.3. The average Bonchev–Trinajstić information content (AvgIpc) is 2.73. The lowest BCUT2D eigenvalue weighted by atomic mass is 10.0. The molecule has 0 aliphatic carbocycles. The Bertz CT molecular complexity index is 596. The molecule has 0 fully saturated rings. The number of nitrogens with one attached hydrogen (secondary N) is 1. The summed E-state index contributed by atoms with van der Waals surface area (Å²) in [6.45, 7) is 4.67. The number of pyridine rings is 1. The van der Waals surface area contributed by atoms with Gasteiger partial charge in [-0.05, 0) is 25.5 Å². The molecule has 0 aromatic carbocycles. The van der Waals surface area contributed by atoms with Crippen LogP contribution in [-0.4, -0.2) is 14.8 Å². The summed E-state index contributed by atoms with van der Waals surface area (Å²) in [5.41, 5.74) is 5.44. The standard InChI is InChI=1S/C13H17Cl2N5/c1-3-20-12(13(15)8(2)19-20)6-11(18-16)9-4-5-17-7-10(9)14/h4-5,7,11,18H,3,6,16H2,1-2H3. The van der Waals surface area contributed by atoms with Gasteiger partial charge in [0, 0.05) is 25.4 Å². The molecule has 0 amide bonds. The van der Waals surface area contributed by atoms with E-state index in [-0.39, 0.29) is 6.04 Å². The van der Waals surface area contributed by atoms with Gasteiger partial charge >= 0.3 is 0 Å². The highest BCUT2D eigenvalue weighted by Gasteiger charge is 2.20. The normalized spacial score (nSPS) is 12.7. The van der Waals surface area contributed by atoms with Gasteiger partial charge in [0.15, 0.2) is 0 Å². The molecule has 0 aliphatic heterocycles. The molecule has 2 heterocycles. The number of halogens is 2. The van der Waals surface area contributed by atoms with Crippen LogP contribution in [0, 0.1) is 6.92 Å². The average molecular weight is 314 g/mol. The summed E-state index contributed by atoms with van der Waals surface area (Å²) >= 11 is 12.5. The Morgan fingerprint density at radius 2 is 2.20 bits per heavy atom. The largest absolute Gasteiger partial charge is 0.271 e. The van der Waals surface area contributed by atoms with E-state index in [2.05, 4.69) is 15.5 Å². The monoisotopic (exact) mass is 313 g/mol. The number of rotatable bonds is 5. The summed E-state index contributed by atoms with van der Waals surface area (Å²) in [5, 5.41) is 5.66. The third-order valence-corrected chi connectivity index (χ3v) is 4.04. The number of aromatic nitrogens is 3. The van der Waals surface area contributed by atoms with Crippen LogP contribution in [-0.2, 0) is 13.0 Å². The zero-order chi connectivity index (χ0) is 14.7. The Morgan fingerprint density at radius 3 is 2.80 bits per heavy atom. The summed E-state index contributed by atoms with van der Waals surface area (Å²) in [6.07, 6.45) is 3.90. The number of hydrogen-bond donors (Lipinski definition) is 2. The molecule has 5 nitrogen and oxygen atoms in total. The third kappa shape index (κ3) is 2.96. The molecule has 0 radical (unpaired) electrons. The predicted octanol–water partition coefficient (Wildman–Crippen LogP) is 2.66. The minimum atomic E-state index is -0.149. The van der Waals surface area contributed by atoms with E-state index in [1.165, 1.54) is 0 Å². The van der Waals surface area contributed by atoms with Crippen LogP contribution in [0.15, 0.2) is 18.5 Å². The Hall–Kier alpha value is -1.14. The molecule has 0 saturated carbocycles. The van der Waals surface area contributed by atoms with Crippen LogP contribution in [0.3, 0.4) is 0 Å². The maximum atomic E-state index is 6.32. The molecule has 0 spiro atoms. The minimum absolute atomic E-state index is 0.149. The quantitative estimate of drug-likeness (QED) is 0.657. The molecule has 7 heteroatoms. The summed E-state index contributed by atoms with van der Waals surface area (Å²) in [7, 11) is 0. The Kier molecular flexibility index (Phi) is 4.99. The van der Waals surface area contributed by atoms with E-state index < -0.39 is 0 Å². The van der Waals surface area contributed by atoms with Crippen molar-refractivity contribution in [3.05, 3.63) is 45.5 Å². The second-order valence-corrected chi connectivity index (χ2v) is 5.27. The number of nitrogens with two attached hydrogens (primary N) is 1. The van der Waals surface area contributed by atoms with E-state index >= 15 is 0 Å². The molecule has 108 valence electrons. The molecule has 3 N–H and O–H groups in total. The van der Waals surface area contributed by atoms with Gasteiger partial charge in [-0.2, -0.15) is 5.10 Å². The second kappa shape index (κ2) is 6.54. The molecule has 20 heavy (non-hydrogen) atoms. The van der Waals surface area contributed by atoms with E-state index in [1.807, 2.05) is 24.6 Å². The second-order valence-electron chi connectivity index (χ2n) is 4.48. The molecule has 1 unspecified atom stereocenters. The van der Waals surface area contributed by atoms with Crippen LogP contribution in [0.25, 0.3) is 0 Å². The van der Waals surface area contributed by atoms with Crippen molar-refractivity contribution in [3.8, 4) is 0 Å². The lowest BCUT2D eigenvalue weighted by Gasteiger charge is -2.18. The van der Waals surface area contributed by atoms with E-state index in [0.29, 0.717) is 16.5 Å². The highest BCUT2D eigenvalue weighted by Crippen LogP contribution is 2.28. The highest BCUT2D eigenvalue weighted by molar-refractivity contribution is 6.32. The smallest absolute Gasteiger partial charge is 0.0847 e. The fraction of sp³-hybridized carbons (Fsp3) is 0.385. The predicted molar refractivity (Wildman–Crippen MR) is 80.7 cm³/mol. The fourth-order valence-corrected chi connectivity index (χ4v) is 2.65. The third-order valence-electron chi connectivity index (χ3n) is 3.23. The van der Waals surface area contributed by atoms with Crippen molar-refractivity contribution in [3.63, 3.8) is 0 Å². The van der Waals surface area contributed by atoms with Crippen LogP contribution >= 0.6 is 23.2 Å². The maximum Gasteiger partial charge on any atom is 0.0847 e. The zero-order valence-corrected chi connectivity index (χ0v) is 12.9. The summed E-state index contributed by atoms with van der Waals surface area (Å²) < 4.78 is 1.89. The zero-order valence-electron chi connectivity index (χ0n) is 11.4. The SMILES string of the molecule is CCn1nc(C)c(Cl)c1CC(NN)c1ccncc1Cl. The lowest BCUT2D eigenvalue weighted by Crippen LogP contribution is -2.30. The summed E-state index contributed by atoms with van der Waals surface area (Å²) in [6, 6.07) is 1.70. The number of hydrazine groups is 1. The van der Waals surface area contributed by atoms with E-state index in [0.717, 1.165) is 23.5 Å². The van der Waals surface area contributed by atoms with Crippen LogP contribution in [0.4, 0.5) is 0 Å². The van der Waals surface area contributed by atoms with Gasteiger partial charge in [0.25, 0.3) is 0 Å².